The van der Waals surface area contributed by atoms with Crippen LogP contribution in [-0.2, 0) is 4.74 Å². The number of carbonyl (C=O) groups is 1. The maximum Gasteiger partial charge on any atom is 0.338 e. The Balaban J connectivity index is 0.000000921. The minimum atomic E-state index is -0.278. The molecule has 0 heterocycles. The van der Waals surface area contributed by atoms with Crippen molar-refractivity contribution in [3.63, 3.8) is 0 Å². The van der Waals surface area contributed by atoms with Crippen LogP contribution in [0.5, 0.6) is 0 Å². The lowest BCUT2D eigenvalue weighted by Crippen LogP contribution is -2.04. The Hall–Kier alpha value is -1.51. The Labute approximate surface area is 91.5 Å². The molecular weight excluding hydrogens is 190 g/mol. The molecule has 0 aliphatic heterocycles. The third-order valence-corrected chi connectivity index (χ3v) is 1.66. The highest BCUT2D eigenvalue weighted by Crippen LogP contribution is 2.10. The second-order valence-electron chi connectivity index (χ2n) is 2.55. The number of nitrogens with one attached hydrogen (secondary N) is 1. The summed E-state index contributed by atoms with van der Waals surface area (Å²) in [5.41, 5.74) is 1.49. The lowest BCUT2D eigenvalue weighted by atomic mass is 10.2. The van der Waals surface area contributed by atoms with E-state index in [1.165, 1.54) is 0 Å². The second-order valence-corrected chi connectivity index (χ2v) is 2.55. The highest BCUT2D eigenvalue weighted by molar-refractivity contribution is 5.90. The van der Waals surface area contributed by atoms with E-state index in [1.807, 2.05) is 33.0 Å². The summed E-state index contributed by atoms with van der Waals surface area (Å²) in [4.78, 5) is 11.3. The Morgan fingerprint density at radius 1 is 1.40 bits per heavy atom. The topological polar surface area (TPSA) is 38.3 Å². The number of anilines is 1. The molecule has 1 rings (SSSR count). The lowest BCUT2D eigenvalue weighted by Gasteiger charge is -2.03. The third kappa shape index (κ3) is 4.49. The van der Waals surface area contributed by atoms with Crippen molar-refractivity contribution in [3.05, 3.63) is 29.8 Å². The van der Waals surface area contributed by atoms with Gasteiger partial charge in [-0.2, -0.15) is 0 Å². The van der Waals surface area contributed by atoms with Crippen molar-refractivity contribution >= 4 is 11.7 Å². The number of benzene rings is 1. The van der Waals surface area contributed by atoms with Crippen LogP contribution in [0.3, 0.4) is 0 Å². The molecule has 1 N–H and O–H groups in total. The smallest absolute Gasteiger partial charge is 0.338 e. The van der Waals surface area contributed by atoms with E-state index in [4.69, 9.17) is 4.74 Å². The fourth-order valence-corrected chi connectivity index (χ4v) is 1.02. The highest BCUT2D eigenvalue weighted by Gasteiger charge is 2.05. The summed E-state index contributed by atoms with van der Waals surface area (Å²) in [7, 11) is 1.81. The van der Waals surface area contributed by atoms with Crippen LogP contribution in [0.2, 0.25) is 0 Å². The van der Waals surface area contributed by atoms with E-state index in [0.29, 0.717) is 12.2 Å². The van der Waals surface area contributed by atoms with Crippen LogP contribution in [0.1, 0.15) is 31.1 Å². The zero-order valence-electron chi connectivity index (χ0n) is 9.83. The van der Waals surface area contributed by atoms with Crippen LogP contribution in [0.4, 0.5) is 5.69 Å². The number of esters is 1. The molecule has 0 aliphatic rings. The van der Waals surface area contributed by atoms with Crippen molar-refractivity contribution in [2.75, 3.05) is 19.0 Å². The molecule has 0 unspecified atom stereocenters. The summed E-state index contributed by atoms with van der Waals surface area (Å²) in [5, 5.41) is 2.96. The van der Waals surface area contributed by atoms with E-state index < -0.39 is 0 Å². The monoisotopic (exact) mass is 209 g/mol. The molecule has 0 radical (unpaired) electrons. The first-order valence-corrected chi connectivity index (χ1v) is 5.23. The van der Waals surface area contributed by atoms with E-state index in [1.54, 1.807) is 19.1 Å². The average molecular weight is 209 g/mol. The number of rotatable bonds is 3. The highest BCUT2D eigenvalue weighted by atomic mass is 16.5. The molecular formula is C12H19NO2. The molecule has 0 amide bonds. The minimum absolute atomic E-state index is 0.278. The van der Waals surface area contributed by atoms with Crippen molar-refractivity contribution in [1.29, 1.82) is 0 Å². The van der Waals surface area contributed by atoms with E-state index >= 15 is 0 Å². The summed E-state index contributed by atoms with van der Waals surface area (Å²) < 4.78 is 4.86. The lowest BCUT2D eigenvalue weighted by molar-refractivity contribution is 0.0526. The first kappa shape index (κ1) is 13.5. The van der Waals surface area contributed by atoms with Crippen LogP contribution in [-0.4, -0.2) is 19.6 Å². The van der Waals surface area contributed by atoms with Gasteiger partial charge >= 0.3 is 5.97 Å². The fraction of sp³-hybridized carbons (Fsp3) is 0.417. The molecule has 84 valence electrons. The van der Waals surface area contributed by atoms with Crippen molar-refractivity contribution in [2.24, 2.45) is 0 Å². The predicted octanol–water partition coefficient (Wildman–Crippen LogP) is 2.93. The van der Waals surface area contributed by atoms with Crippen LogP contribution in [0, 0.1) is 0 Å². The van der Waals surface area contributed by atoms with Crippen molar-refractivity contribution in [1.82, 2.24) is 0 Å². The molecule has 15 heavy (non-hydrogen) atoms. The van der Waals surface area contributed by atoms with Crippen LogP contribution >= 0.6 is 0 Å². The Morgan fingerprint density at radius 2 is 2.07 bits per heavy atom. The van der Waals surface area contributed by atoms with Gasteiger partial charge in [-0.15, -0.1) is 0 Å². The maximum absolute atomic E-state index is 11.3. The standard InChI is InChI=1S/C10H13NO2.C2H6/c1-3-13-10(12)8-5-4-6-9(7-8)11-2;1-2/h4-7,11H,3H2,1-2H3;1-2H3. The summed E-state index contributed by atoms with van der Waals surface area (Å²) in [6.07, 6.45) is 0. The molecule has 0 aliphatic carbocycles. The number of carbonyl (C=O) groups excluding carboxylic acids is 1. The third-order valence-electron chi connectivity index (χ3n) is 1.66. The first-order chi connectivity index (χ1) is 7.27. The van der Waals surface area contributed by atoms with Crippen LogP contribution in [0.15, 0.2) is 24.3 Å². The van der Waals surface area contributed by atoms with E-state index in [2.05, 4.69) is 5.32 Å². The molecule has 0 spiro atoms. The predicted molar refractivity (Wildman–Crippen MR) is 63.3 cm³/mol. The fourth-order valence-electron chi connectivity index (χ4n) is 1.02. The van der Waals surface area contributed by atoms with Gasteiger partial charge in [0.1, 0.15) is 0 Å². The summed E-state index contributed by atoms with van der Waals surface area (Å²) in [6.45, 7) is 6.20. The van der Waals surface area contributed by atoms with Crippen molar-refractivity contribution in [2.45, 2.75) is 20.8 Å². The Bertz CT molecular complexity index is 297. The second kappa shape index (κ2) is 7.85. The molecule has 0 saturated heterocycles. The Morgan fingerprint density at radius 3 is 2.60 bits per heavy atom. The average Bonchev–Trinajstić information content (AvgIpc) is 2.32. The Kier molecular flexibility index (Phi) is 7.06. The van der Waals surface area contributed by atoms with Gasteiger partial charge in [0.05, 0.1) is 12.2 Å². The molecule has 0 fully saturated rings. The van der Waals surface area contributed by atoms with Crippen molar-refractivity contribution in [3.8, 4) is 0 Å². The van der Waals surface area contributed by atoms with Crippen molar-refractivity contribution < 1.29 is 9.53 Å². The van der Waals surface area contributed by atoms with Gasteiger partial charge in [0.25, 0.3) is 0 Å². The van der Waals surface area contributed by atoms with Gasteiger partial charge in [-0.25, -0.2) is 4.79 Å². The summed E-state index contributed by atoms with van der Waals surface area (Å²) in [6, 6.07) is 7.21. The van der Waals surface area contributed by atoms with Gasteiger partial charge in [-0.05, 0) is 25.1 Å². The summed E-state index contributed by atoms with van der Waals surface area (Å²) in [5.74, 6) is -0.278. The molecule has 1 aromatic carbocycles. The van der Waals surface area contributed by atoms with Gasteiger partial charge in [0, 0.05) is 12.7 Å². The normalized spacial score (nSPS) is 8.53. The van der Waals surface area contributed by atoms with Gasteiger partial charge in [-0.1, -0.05) is 19.9 Å². The molecule has 0 bridgehead atoms. The SMILES string of the molecule is CC.CCOC(=O)c1cccc(NC)c1. The van der Waals surface area contributed by atoms with Gasteiger partial charge in [0.2, 0.25) is 0 Å². The molecule has 0 aromatic heterocycles. The zero-order chi connectivity index (χ0) is 11.7. The van der Waals surface area contributed by atoms with Gasteiger partial charge in [-0.3, -0.25) is 0 Å². The molecule has 0 atom stereocenters. The number of ether oxygens (including phenoxy) is 1. The van der Waals surface area contributed by atoms with Crippen LogP contribution < -0.4 is 5.32 Å². The zero-order valence-corrected chi connectivity index (χ0v) is 9.83. The molecule has 1 aromatic rings. The van der Waals surface area contributed by atoms with Crippen LogP contribution in [0.25, 0.3) is 0 Å². The number of hydrogen-bond donors (Lipinski definition) is 1. The maximum atomic E-state index is 11.3. The molecule has 0 saturated carbocycles. The summed E-state index contributed by atoms with van der Waals surface area (Å²) >= 11 is 0. The molecule has 3 nitrogen and oxygen atoms in total. The van der Waals surface area contributed by atoms with E-state index in [-0.39, 0.29) is 5.97 Å². The van der Waals surface area contributed by atoms with Gasteiger partial charge < -0.3 is 10.1 Å². The minimum Gasteiger partial charge on any atom is -0.462 e. The van der Waals surface area contributed by atoms with Gasteiger partial charge in [0.15, 0.2) is 0 Å². The molecule has 3 heteroatoms. The quantitative estimate of drug-likeness (QED) is 0.778. The largest absolute Gasteiger partial charge is 0.462 e. The number of hydrogen-bond acceptors (Lipinski definition) is 3. The van der Waals surface area contributed by atoms with E-state index in [9.17, 15) is 4.79 Å². The first-order valence-electron chi connectivity index (χ1n) is 5.23. The van der Waals surface area contributed by atoms with E-state index in [0.717, 1.165) is 5.69 Å².